The molecular formula is C19H23N3O. The Morgan fingerprint density at radius 2 is 1.78 bits per heavy atom. The first-order valence-electron chi connectivity index (χ1n) is 8.14. The van der Waals surface area contributed by atoms with E-state index in [9.17, 15) is 4.79 Å². The predicted molar refractivity (Wildman–Crippen MR) is 93.2 cm³/mol. The summed E-state index contributed by atoms with van der Waals surface area (Å²) in [4.78, 5) is 13.7. The number of nitrogens with zero attached hydrogens (tertiary/aromatic N) is 1. The number of likely N-dealkylation sites (tertiary alicyclic amines) is 1. The second-order valence-corrected chi connectivity index (χ2v) is 6.10. The molecule has 1 heterocycles. The Kier molecular flexibility index (Phi) is 4.93. The molecule has 0 radical (unpaired) electrons. The van der Waals surface area contributed by atoms with Crippen LogP contribution in [0, 0.1) is 0 Å². The summed E-state index contributed by atoms with van der Waals surface area (Å²) in [6.07, 6.45) is 2.65. The van der Waals surface area contributed by atoms with Crippen LogP contribution in [0.5, 0.6) is 0 Å². The molecule has 0 unspecified atom stereocenters. The summed E-state index contributed by atoms with van der Waals surface area (Å²) >= 11 is 0. The molecule has 1 aliphatic rings. The highest BCUT2D eigenvalue weighted by Gasteiger charge is 2.11. The molecule has 0 saturated carbocycles. The first-order valence-corrected chi connectivity index (χ1v) is 8.14. The molecule has 120 valence electrons. The fourth-order valence-corrected chi connectivity index (χ4v) is 2.97. The van der Waals surface area contributed by atoms with E-state index in [1.54, 1.807) is 6.07 Å². The number of primary amides is 1. The van der Waals surface area contributed by atoms with Crippen molar-refractivity contribution in [1.29, 1.82) is 0 Å². The van der Waals surface area contributed by atoms with Crippen molar-refractivity contribution in [2.24, 2.45) is 5.73 Å². The van der Waals surface area contributed by atoms with Gasteiger partial charge in [-0.2, -0.15) is 0 Å². The van der Waals surface area contributed by atoms with Crippen LogP contribution in [0.15, 0.2) is 48.5 Å². The summed E-state index contributed by atoms with van der Waals surface area (Å²) in [7, 11) is 0. The maximum Gasteiger partial charge on any atom is 0.248 e. The van der Waals surface area contributed by atoms with E-state index in [0.717, 1.165) is 17.8 Å². The molecule has 0 aromatic heterocycles. The van der Waals surface area contributed by atoms with Gasteiger partial charge in [-0.1, -0.05) is 24.3 Å². The van der Waals surface area contributed by atoms with Crippen LogP contribution in [0.4, 0.5) is 5.69 Å². The maximum atomic E-state index is 11.2. The number of anilines is 1. The van der Waals surface area contributed by atoms with Crippen molar-refractivity contribution < 1.29 is 4.79 Å². The van der Waals surface area contributed by atoms with Gasteiger partial charge >= 0.3 is 0 Å². The van der Waals surface area contributed by atoms with Crippen molar-refractivity contribution >= 4 is 11.6 Å². The molecule has 1 saturated heterocycles. The Labute approximate surface area is 137 Å². The standard InChI is InChI=1S/C19H23N3O/c20-19(23)17-5-3-4-16(12-17)13-21-18-8-6-15(7-9-18)14-22-10-1-2-11-22/h3-9,12,21H,1-2,10-11,13-14H2,(H2,20,23). The average Bonchev–Trinajstić information content (AvgIpc) is 3.07. The summed E-state index contributed by atoms with van der Waals surface area (Å²) in [5.41, 5.74) is 9.34. The number of carbonyl (C=O) groups excluding carboxylic acids is 1. The van der Waals surface area contributed by atoms with E-state index >= 15 is 0 Å². The van der Waals surface area contributed by atoms with E-state index in [0.29, 0.717) is 12.1 Å². The minimum Gasteiger partial charge on any atom is -0.381 e. The molecule has 3 N–H and O–H groups in total. The van der Waals surface area contributed by atoms with Gasteiger partial charge in [0.25, 0.3) is 0 Å². The molecule has 0 atom stereocenters. The normalized spacial score (nSPS) is 14.8. The Bertz CT molecular complexity index is 661. The molecule has 2 aromatic carbocycles. The van der Waals surface area contributed by atoms with E-state index in [4.69, 9.17) is 5.73 Å². The summed E-state index contributed by atoms with van der Waals surface area (Å²) in [6, 6.07) is 16.0. The van der Waals surface area contributed by atoms with Crippen LogP contribution in [-0.4, -0.2) is 23.9 Å². The number of rotatable bonds is 6. The van der Waals surface area contributed by atoms with Gasteiger partial charge in [-0.15, -0.1) is 0 Å². The first kappa shape index (κ1) is 15.6. The van der Waals surface area contributed by atoms with Gasteiger partial charge in [0.2, 0.25) is 5.91 Å². The van der Waals surface area contributed by atoms with E-state index in [-0.39, 0.29) is 0 Å². The van der Waals surface area contributed by atoms with Crippen molar-refractivity contribution in [3.8, 4) is 0 Å². The number of hydrogen-bond acceptors (Lipinski definition) is 3. The zero-order valence-corrected chi connectivity index (χ0v) is 13.3. The van der Waals surface area contributed by atoms with Gasteiger partial charge < -0.3 is 11.1 Å². The number of nitrogens with two attached hydrogens (primary N) is 1. The molecule has 23 heavy (non-hydrogen) atoms. The Morgan fingerprint density at radius 1 is 1.04 bits per heavy atom. The highest BCUT2D eigenvalue weighted by Crippen LogP contribution is 2.16. The molecule has 0 bridgehead atoms. The summed E-state index contributed by atoms with van der Waals surface area (Å²) < 4.78 is 0. The van der Waals surface area contributed by atoms with Gasteiger partial charge in [-0.25, -0.2) is 0 Å². The molecule has 3 rings (SSSR count). The van der Waals surface area contributed by atoms with Crippen LogP contribution < -0.4 is 11.1 Å². The summed E-state index contributed by atoms with van der Waals surface area (Å²) in [5.74, 6) is -0.391. The lowest BCUT2D eigenvalue weighted by atomic mass is 10.1. The minimum atomic E-state index is -0.391. The fraction of sp³-hybridized carbons (Fsp3) is 0.316. The van der Waals surface area contributed by atoms with Crippen LogP contribution in [0.3, 0.4) is 0 Å². The first-order chi connectivity index (χ1) is 11.2. The maximum absolute atomic E-state index is 11.2. The second-order valence-electron chi connectivity index (χ2n) is 6.10. The van der Waals surface area contributed by atoms with Gasteiger partial charge in [-0.3, -0.25) is 9.69 Å². The van der Waals surface area contributed by atoms with Crippen molar-refractivity contribution in [2.45, 2.75) is 25.9 Å². The van der Waals surface area contributed by atoms with Crippen LogP contribution in [0.1, 0.15) is 34.3 Å². The highest BCUT2D eigenvalue weighted by molar-refractivity contribution is 5.92. The molecule has 4 heteroatoms. The Hall–Kier alpha value is -2.33. The summed E-state index contributed by atoms with van der Waals surface area (Å²) in [6.45, 7) is 4.15. The Balaban J connectivity index is 1.55. The molecular weight excluding hydrogens is 286 g/mol. The average molecular weight is 309 g/mol. The van der Waals surface area contributed by atoms with Gasteiger partial charge in [0.1, 0.15) is 0 Å². The number of benzene rings is 2. The fourth-order valence-electron chi connectivity index (χ4n) is 2.97. The molecule has 1 aliphatic heterocycles. The third-order valence-corrected chi connectivity index (χ3v) is 4.27. The highest BCUT2D eigenvalue weighted by atomic mass is 16.1. The van der Waals surface area contributed by atoms with Crippen molar-refractivity contribution in [1.82, 2.24) is 4.90 Å². The van der Waals surface area contributed by atoms with Crippen LogP contribution in [-0.2, 0) is 13.1 Å². The lowest BCUT2D eigenvalue weighted by Crippen LogP contribution is -2.18. The van der Waals surface area contributed by atoms with Gasteiger partial charge in [0, 0.05) is 24.3 Å². The van der Waals surface area contributed by atoms with E-state index < -0.39 is 5.91 Å². The lowest BCUT2D eigenvalue weighted by Gasteiger charge is -2.15. The zero-order chi connectivity index (χ0) is 16.1. The zero-order valence-electron chi connectivity index (χ0n) is 13.3. The van der Waals surface area contributed by atoms with Crippen LogP contribution in [0.25, 0.3) is 0 Å². The minimum absolute atomic E-state index is 0.391. The third kappa shape index (κ3) is 4.33. The van der Waals surface area contributed by atoms with Crippen LogP contribution >= 0.6 is 0 Å². The quantitative estimate of drug-likeness (QED) is 0.862. The van der Waals surface area contributed by atoms with Crippen LogP contribution in [0.2, 0.25) is 0 Å². The molecule has 0 aliphatic carbocycles. The van der Waals surface area contributed by atoms with Crippen molar-refractivity contribution in [3.63, 3.8) is 0 Å². The number of hydrogen-bond donors (Lipinski definition) is 2. The summed E-state index contributed by atoms with van der Waals surface area (Å²) in [5, 5.41) is 3.38. The molecule has 1 fully saturated rings. The van der Waals surface area contributed by atoms with Crippen molar-refractivity contribution in [2.75, 3.05) is 18.4 Å². The third-order valence-electron chi connectivity index (χ3n) is 4.27. The predicted octanol–water partition coefficient (Wildman–Crippen LogP) is 2.99. The lowest BCUT2D eigenvalue weighted by molar-refractivity contribution is 0.1000. The van der Waals surface area contributed by atoms with Gasteiger partial charge in [0.05, 0.1) is 0 Å². The topological polar surface area (TPSA) is 58.4 Å². The van der Waals surface area contributed by atoms with E-state index in [1.807, 2.05) is 18.2 Å². The monoisotopic (exact) mass is 309 g/mol. The largest absolute Gasteiger partial charge is 0.381 e. The SMILES string of the molecule is NC(=O)c1cccc(CNc2ccc(CN3CCCC3)cc2)c1. The smallest absolute Gasteiger partial charge is 0.248 e. The Morgan fingerprint density at radius 3 is 2.48 bits per heavy atom. The number of amides is 1. The molecule has 1 amide bonds. The second kappa shape index (κ2) is 7.29. The van der Waals surface area contributed by atoms with E-state index in [1.165, 1.54) is 31.5 Å². The molecule has 4 nitrogen and oxygen atoms in total. The van der Waals surface area contributed by atoms with Crippen molar-refractivity contribution in [3.05, 3.63) is 65.2 Å². The van der Waals surface area contributed by atoms with E-state index in [2.05, 4.69) is 34.5 Å². The van der Waals surface area contributed by atoms with Gasteiger partial charge in [-0.05, 0) is 61.3 Å². The van der Waals surface area contributed by atoms with Gasteiger partial charge in [0.15, 0.2) is 0 Å². The molecule has 2 aromatic rings. The number of carbonyl (C=O) groups is 1. The number of nitrogens with one attached hydrogen (secondary N) is 1. The molecule has 0 spiro atoms.